The maximum Gasteiger partial charge on any atom is 0.0421 e. The first-order chi connectivity index (χ1) is 7.75. The van der Waals surface area contributed by atoms with Gasteiger partial charge in [-0.3, -0.25) is 0 Å². The van der Waals surface area contributed by atoms with Crippen LogP contribution in [0.15, 0.2) is 53.0 Å². The quantitative estimate of drug-likeness (QED) is 0.840. The summed E-state index contributed by atoms with van der Waals surface area (Å²) in [5.74, 6) is 0. The van der Waals surface area contributed by atoms with Crippen LogP contribution in [0, 0.1) is 0 Å². The third-order valence-electron chi connectivity index (χ3n) is 2.38. The van der Waals surface area contributed by atoms with Gasteiger partial charge in [0.05, 0.1) is 0 Å². The molecule has 0 aromatic heterocycles. The Bertz CT molecular complexity index is 466. The Morgan fingerprint density at radius 3 is 2.38 bits per heavy atom. The number of hydrogen-bond donors (Lipinski definition) is 2. The smallest absolute Gasteiger partial charge is 0.0421 e. The molecule has 0 heterocycles. The van der Waals surface area contributed by atoms with Crippen molar-refractivity contribution in [2.75, 3.05) is 11.1 Å². The fraction of sp³-hybridized carbons (Fsp3) is 0.0769. The van der Waals surface area contributed by atoms with Crippen molar-refractivity contribution in [1.29, 1.82) is 0 Å². The summed E-state index contributed by atoms with van der Waals surface area (Å²) < 4.78 is 1.08. The lowest BCUT2D eigenvalue weighted by molar-refractivity contribution is 1.15. The predicted molar refractivity (Wildman–Crippen MR) is 72.3 cm³/mol. The lowest BCUT2D eigenvalue weighted by Gasteiger charge is -2.08. The average Bonchev–Trinajstić information content (AvgIpc) is 2.30. The number of benzene rings is 2. The van der Waals surface area contributed by atoms with Gasteiger partial charge < -0.3 is 11.1 Å². The molecular formula is C13H13BrN2. The van der Waals surface area contributed by atoms with Gasteiger partial charge in [-0.05, 0) is 35.9 Å². The monoisotopic (exact) mass is 276 g/mol. The van der Waals surface area contributed by atoms with E-state index in [0.29, 0.717) is 0 Å². The molecule has 0 saturated heterocycles. The molecule has 2 aromatic carbocycles. The third kappa shape index (κ3) is 2.76. The molecule has 0 saturated carbocycles. The zero-order valence-electron chi connectivity index (χ0n) is 8.78. The molecule has 2 aromatic rings. The lowest BCUT2D eigenvalue weighted by atomic mass is 10.2. The van der Waals surface area contributed by atoms with E-state index in [4.69, 9.17) is 5.73 Å². The van der Waals surface area contributed by atoms with E-state index in [1.807, 2.05) is 48.5 Å². The van der Waals surface area contributed by atoms with Crippen molar-refractivity contribution in [3.8, 4) is 0 Å². The largest absolute Gasteiger partial charge is 0.398 e. The molecule has 3 N–H and O–H groups in total. The van der Waals surface area contributed by atoms with Crippen molar-refractivity contribution in [1.82, 2.24) is 0 Å². The summed E-state index contributed by atoms with van der Waals surface area (Å²) in [6, 6.07) is 16.0. The van der Waals surface area contributed by atoms with Gasteiger partial charge in [-0.15, -0.1) is 0 Å². The van der Waals surface area contributed by atoms with Gasteiger partial charge in [-0.1, -0.05) is 34.1 Å². The average molecular weight is 277 g/mol. The van der Waals surface area contributed by atoms with Gasteiger partial charge in [0, 0.05) is 22.4 Å². The minimum Gasteiger partial charge on any atom is -0.398 e. The van der Waals surface area contributed by atoms with Crippen molar-refractivity contribution in [2.45, 2.75) is 6.54 Å². The Morgan fingerprint density at radius 2 is 1.69 bits per heavy atom. The van der Waals surface area contributed by atoms with Crippen LogP contribution < -0.4 is 11.1 Å². The maximum atomic E-state index is 5.86. The zero-order chi connectivity index (χ0) is 11.4. The number of nitrogen functional groups attached to an aromatic ring is 1. The highest BCUT2D eigenvalue weighted by Gasteiger charge is 1.97. The van der Waals surface area contributed by atoms with Crippen molar-refractivity contribution in [2.24, 2.45) is 0 Å². The molecule has 0 spiro atoms. The van der Waals surface area contributed by atoms with Gasteiger partial charge in [0.2, 0.25) is 0 Å². The minimum atomic E-state index is 0.744. The molecule has 0 aliphatic rings. The summed E-state index contributed by atoms with van der Waals surface area (Å²) in [6.45, 7) is 0.744. The van der Waals surface area contributed by atoms with Crippen molar-refractivity contribution in [3.05, 3.63) is 58.6 Å². The van der Waals surface area contributed by atoms with Crippen LogP contribution in [-0.2, 0) is 6.54 Å². The van der Waals surface area contributed by atoms with Crippen molar-refractivity contribution in [3.63, 3.8) is 0 Å². The normalized spacial score (nSPS) is 10.1. The molecule has 0 aliphatic carbocycles. The second-order valence-electron chi connectivity index (χ2n) is 3.56. The van der Waals surface area contributed by atoms with Gasteiger partial charge in [0.1, 0.15) is 0 Å². The fourth-order valence-corrected chi connectivity index (χ4v) is 1.72. The Morgan fingerprint density at radius 1 is 1.00 bits per heavy atom. The van der Waals surface area contributed by atoms with Crippen LogP contribution in [0.3, 0.4) is 0 Å². The second kappa shape index (κ2) is 5.03. The molecule has 0 radical (unpaired) electrons. The first-order valence-electron chi connectivity index (χ1n) is 5.08. The van der Waals surface area contributed by atoms with E-state index < -0.39 is 0 Å². The van der Waals surface area contributed by atoms with Crippen molar-refractivity contribution >= 4 is 27.3 Å². The van der Waals surface area contributed by atoms with Gasteiger partial charge >= 0.3 is 0 Å². The standard InChI is InChI=1S/C13H13BrN2/c14-11-5-7-12(8-6-11)16-9-10-3-1-2-4-13(10)15/h1-8,16H,9,15H2. The Labute approximate surface area is 104 Å². The summed E-state index contributed by atoms with van der Waals surface area (Å²) in [4.78, 5) is 0. The molecule has 2 rings (SSSR count). The molecule has 0 atom stereocenters. The second-order valence-corrected chi connectivity index (χ2v) is 4.47. The number of para-hydroxylation sites is 1. The van der Waals surface area contributed by atoms with Gasteiger partial charge in [0.15, 0.2) is 0 Å². The van der Waals surface area contributed by atoms with Crippen LogP contribution in [-0.4, -0.2) is 0 Å². The molecular weight excluding hydrogens is 264 g/mol. The summed E-state index contributed by atoms with van der Waals surface area (Å²) in [7, 11) is 0. The lowest BCUT2D eigenvalue weighted by Crippen LogP contribution is -2.02. The summed E-state index contributed by atoms with van der Waals surface area (Å²) in [5.41, 5.74) is 8.89. The number of nitrogens with one attached hydrogen (secondary N) is 1. The van der Waals surface area contributed by atoms with Gasteiger partial charge in [0.25, 0.3) is 0 Å². The van der Waals surface area contributed by atoms with Crippen LogP contribution in [0.1, 0.15) is 5.56 Å². The highest BCUT2D eigenvalue weighted by molar-refractivity contribution is 9.10. The third-order valence-corrected chi connectivity index (χ3v) is 2.91. The molecule has 16 heavy (non-hydrogen) atoms. The maximum absolute atomic E-state index is 5.86. The van der Waals surface area contributed by atoms with Crippen LogP contribution in [0.5, 0.6) is 0 Å². The van der Waals surface area contributed by atoms with Crippen LogP contribution >= 0.6 is 15.9 Å². The van der Waals surface area contributed by atoms with Gasteiger partial charge in [-0.25, -0.2) is 0 Å². The number of anilines is 2. The molecule has 0 unspecified atom stereocenters. The minimum absolute atomic E-state index is 0.744. The van der Waals surface area contributed by atoms with Crippen LogP contribution in [0.2, 0.25) is 0 Å². The number of halogens is 1. The van der Waals surface area contributed by atoms with E-state index in [1.54, 1.807) is 0 Å². The van der Waals surface area contributed by atoms with E-state index in [2.05, 4.69) is 21.2 Å². The molecule has 0 bridgehead atoms. The topological polar surface area (TPSA) is 38.0 Å². The number of nitrogens with two attached hydrogens (primary N) is 1. The highest BCUT2D eigenvalue weighted by atomic mass is 79.9. The highest BCUT2D eigenvalue weighted by Crippen LogP contribution is 2.16. The fourth-order valence-electron chi connectivity index (χ4n) is 1.46. The van der Waals surface area contributed by atoms with E-state index in [0.717, 1.165) is 28.0 Å². The summed E-state index contributed by atoms with van der Waals surface area (Å²) >= 11 is 3.41. The molecule has 0 amide bonds. The molecule has 3 heteroatoms. The zero-order valence-corrected chi connectivity index (χ0v) is 10.4. The van der Waals surface area contributed by atoms with E-state index >= 15 is 0 Å². The molecule has 0 aliphatic heterocycles. The first kappa shape index (κ1) is 11.0. The van der Waals surface area contributed by atoms with E-state index in [9.17, 15) is 0 Å². The molecule has 82 valence electrons. The van der Waals surface area contributed by atoms with Crippen molar-refractivity contribution < 1.29 is 0 Å². The molecule has 2 nitrogen and oxygen atoms in total. The Hall–Kier alpha value is -1.48. The first-order valence-corrected chi connectivity index (χ1v) is 5.88. The Balaban J connectivity index is 2.02. The summed E-state index contributed by atoms with van der Waals surface area (Å²) in [6.07, 6.45) is 0. The van der Waals surface area contributed by atoms with Crippen LogP contribution in [0.25, 0.3) is 0 Å². The van der Waals surface area contributed by atoms with Crippen LogP contribution in [0.4, 0.5) is 11.4 Å². The number of rotatable bonds is 3. The Kier molecular flexibility index (Phi) is 3.47. The van der Waals surface area contributed by atoms with E-state index in [-0.39, 0.29) is 0 Å². The van der Waals surface area contributed by atoms with E-state index in [1.165, 1.54) is 0 Å². The summed E-state index contributed by atoms with van der Waals surface area (Å²) in [5, 5.41) is 3.33. The SMILES string of the molecule is Nc1ccccc1CNc1ccc(Br)cc1. The molecule has 0 fully saturated rings. The number of hydrogen-bond acceptors (Lipinski definition) is 2. The van der Waals surface area contributed by atoms with Gasteiger partial charge in [-0.2, -0.15) is 0 Å². The predicted octanol–water partition coefficient (Wildman–Crippen LogP) is 3.64.